The van der Waals surface area contributed by atoms with Gasteiger partial charge in [-0.1, -0.05) is 12.1 Å². The summed E-state index contributed by atoms with van der Waals surface area (Å²) in [5.41, 5.74) is 2.48. The monoisotopic (exact) mass is 538 g/mol. The van der Waals surface area contributed by atoms with Crippen molar-refractivity contribution in [3.05, 3.63) is 78.8 Å². The van der Waals surface area contributed by atoms with Crippen LogP contribution in [0.25, 0.3) is 17.1 Å². The molecule has 4 aromatic rings. The highest BCUT2D eigenvalue weighted by Gasteiger charge is 2.23. The van der Waals surface area contributed by atoms with Crippen LogP contribution in [-0.2, 0) is 0 Å². The quantitative estimate of drug-likeness (QED) is 0.311. The van der Waals surface area contributed by atoms with Gasteiger partial charge in [-0.25, -0.2) is 14.6 Å². The molecule has 1 aliphatic carbocycles. The molecule has 206 valence electrons. The lowest BCUT2D eigenvalue weighted by molar-refractivity contribution is 0.0944. The predicted octanol–water partition coefficient (Wildman–Crippen LogP) is 4.77. The number of carbonyl (C=O) groups is 1. The number of benzene rings is 2. The third-order valence-corrected chi connectivity index (χ3v) is 7.56. The fourth-order valence-electron chi connectivity index (χ4n) is 4.98. The van der Waals surface area contributed by atoms with E-state index in [1.807, 2.05) is 59.5 Å². The minimum absolute atomic E-state index is 0.101. The zero-order valence-electron chi connectivity index (χ0n) is 22.7. The van der Waals surface area contributed by atoms with Gasteiger partial charge in [0.2, 0.25) is 0 Å². The summed E-state index contributed by atoms with van der Waals surface area (Å²) >= 11 is 0. The summed E-state index contributed by atoms with van der Waals surface area (Å²) in [7, 11) is 1.61. The third kappa shape index (κ3) is 6.25. The highest BCUT2D eigenvalue weighted by Crippen LogP contribution is 2.31. The molecule has 2 fully saturated rings. The number of anilines is 1. The summed E-state index contributed by atoms with van der Waals surface area (Å²) in [6.45, 7) is 3.08. The van der Waals surface area contributed by atoms with E-state index >= 15 is 0 Å². The molecule has 2 aromatic heterocycles. The van der Waals surface area contributed by atoms with Gasteiger partial charge in [-0.15, -0.1) is 0 Å². The van der Waals surface area contributed by atoms with Crippen LogP contribution in [0.4, 0.5) is 5.82 Å². The lowest BCUT2D eigenvalue weighted by Crippen LogP contribution is -2.39. The summed E-state index contributed by atoms with van der Waals surface area (Å²) in [6, 6.07) is 17.4. The average Bonchev–Trinajstić information content (AvgIpc) is 3.68. The number of hydrogen-bond acceptors (Lipinski definition) is 7. The normalized spacial score (nSPS) is 15.6. The lowest BCUT2D eigenvalue weighted by atomic mass is 9.96. The Morgan fingerprint density at radius 3 is 2.60 bits per heavy atom. The molecular weight excluding hydrogens is 504 g/mol. The van der Waals surface area contributed by atoms with Crippen LogP contribution in [0.1, 0.15) is 36.0 Å². The summed E-state index contributed by atoms with van der Waals surface area (Å²) < 4.78 is 13.1. The van der Waals surface area contributed by atoms with Gasteiger partial charge in [0, 0.05) is 55.4 Å². The molecule has 1 saturated heterocycles. The van der Waals surface area contributed by atoms with E-state index < -0.39 is 0 Å². The second kappa shape index (κ2) is 11.8. The first kappa shape index (κ1) is 25.9. The molecule has 9 heteroatoms. The highest BCUT2D eigenvalue weighted by molar-refractivity contribution is 5.95. The van der Waals surface area contributed by atoms with Crippen molar-refractivity contribution in [1.82, 2.24) is 25.1 Å². The first-order valence-electron chi connectivity index (χ1n) is 13.9. The van der Waals surface area contributed by atoms with Crippen molar-refractivity contribution in [1.29, 1.82) is 0 Å². The molecule has 0 spiro atoms. The summed E-state index contributed by atoms with van der Waals surface area (Å²) in [6.07, 6.45) is 9.89. The Morgan fingerprint density at radius 1 is 0.975 bits per heavy atom. The van der Waals surface area contributed by atoms with Crippen LogP contribution < -0.4 is 19.7 Å². The van der Waals surface area contributed by atoms with E-state index in [-0.39, 0.29) is 5.91 Å². The van der Waals surface area contributed by atoms with Crippen LogP contribution in [0.15, 0.2) is 73.2 Å². The van der Waals surface area contributed by atoms with Crippen molar-refractivity contribution in [2.45, 2.75) is 25.7 Å². The second-order valence-corrected chi connectivity index (χ2v) is 10.5. The molecule has 1 N–H and O–H groups in total. The largest absolute Gasteiger partial charge is 0.497 e. The minimum atomic E-state index is -0.101. The van der Waals surface area contributed by atoms with Gasteiger partial charge in [0.1, 0.15) is 17.3 Å². The second-order valence-electron chi connectivity index (χ2n) is 10.5. The zero-order chi connectivity index (χ0) is 27.3. The Morgan fingerprint density at radius 2 is 1.82 bits per heavy atom. The van der Waals surface area contributed by atoms with E-state index in [1.165, 1.54) is 12.8 Å². The number of amides is 1. The summed E-state index contributed by atoms with van der Waals surface area (Å²) in [4.78, 5) is 24.7. The standard InChI is InChI=1S/C31H34N6O3/c1-39-27-17-25(18-28(19-27)40-21-23-6-7-23)31(38)33-20-22-9-14-36(15-10-22)29-8-12-32-30(35-29)24-4-2-5-26(16-24)37-13-3-11-34-37/h2-5,8,11-13,16-19,22-23H,6-7,9-10,14-15,20-21H2,1H3,(H,33,38). The number of ether oxygens (including phenoxy) is 2. The number of nitrogens with one attached hydrogen (secondary N) is 1. The number of piperidine rings is 1. The fraction of sp³-hybridized carbons (Fsp3) is 0.355. The van der Waals surface area contributed by atoms with E-state index in [9.17, 15) is 4.79 Å². The molecule has 0 unspecified atom stereocenters. The summed E-state index contributed by atoms with van der Waals surface area (Å²) in [5.74, 6) is 3.87. The molecule has 1 aliphatic heterocycles. The molecule has 1 saturated carbocycles. The molecule has 0 bridgehead atoms. The van der Waals surface area contributed by atoms with Gasteiger partial charge < -0.3 is 19.7 Å². The molecule has 2 aromatic carbocycles. The smallest absolute Gasteiger partial charge is 0.251 e. The van der Waals surface area contributed by atoms with Crippen LogP contribution >= 0.6 is 0 Å². The maximum Gasteiger partial charge on any atom is 0.251 e. The van der Waals surface area contributed by atoms with Crippen molar-refractivity contribution in [2.24, 2.45) is 11.8 Å². The van der Waals surface area contributed by atoms with Crippen molar-refractivity contribution in [2.75, 3.05) is 38.3 Å². The number of hydrogen-bond donors (Lipinski definition) is 1. The van der Waals surface area contributed by atoms with Gasteiger partial charge in [-0.2, -0.15) is 5.10 Å². The van der Waals surface area contributed by atoms with Crippen molar-refractivity contribution in [3.63, 3.8) is 0 Å². The van der Waals surface area contributed by atoms with Crippen LogP contribution in [-0.4, -0.2) is 59.0 Å². The minimum Gasteiger partial charge on any atom is -0.497 e. The molecule has 1 amide bonds. The van der Waals surface area contributed by atoms with Gasteiger partial charge in [0.15, 0.2) is 5.82 Å². The van der Waals surface area contributed by atoms with E-state index in [0.717, 1.165) is 43.0 Å². The first-order chi connectivity index (χ1) is 19.6. The van der Waals surface area contributed by atoms with Crippen LogP contribution in [0.5, 0.6) is 11.5 Å². The molecule has 9 nitrogen and oxygen atoms in total. The van der Waals surface area contributed by atoms with Gasteiger partial charge >= 0.3 is 0 Å². The van der Waals surface area contributed by atoms with Crippen LogP contribution in [0.3, 0.4) is 0 Å². The third-order valence-electron chi connectivity index (χ3n) is 7.56. The fourth-order valence-corrected chi connectivity index (χ4v) is 4.98. The molecule has 0 atom stereocenters. The maximum absolute atomic E-state index is 13.0. The number of methoxy groups -OCH3 is 1. The number of carbonyl (C=O) groups excluding carboxylic acids is 1. The maximum atomic E-state index is 13.0. The number of aromatic nitrogens is 4. The molecule has 2 aliphatic rings. The van der Waals surface area contributed by atoms with E-state index in [0.29, 0.717) is 47.9 Å². The molecule has 3 heterocycles. The number of nitrogens with zero attached hydrogens (tertiary/aromatic N) is 5. The molecule has 0 radical (unpaired) electrons. The molecular formula is C31H34N6O3. The molecule has 6 rings (SSSR count). The Kier molecular flexibility index (Phi) is 7.61. The number of rotatable bonds is 10. The average molecular weight is 539 g/mol. The Bertz CT molecular complexity index is 1450. The van der Waals surface area contributed by atoms with Crippen molar-refractivity contribution >= 4 is 11.7 Å². The van der Waals surface area contributed by atoms with Crippen molar-refractivity contribution < 1.29 is 14.3 Å². The zero-order valence-corrected chi connectivity index (χ0v) is 22.7. The van der Waals surface area contributed by atoms with Gasteiger partial charge in [-0.05, 0) is 73.9 Å². The Labute approximate surface area is 234 Å². The topological polar surface area (TPSA) is 94.4 Å². The van der Waals surface area contributed by atoms with Crippen molar-refractivity contribution in [3.8, 4) is 28.6 Å². The highest BCUT2D eigenvalue weighted by atomic mass is 16.5. The molecule has 40 heavy (non-hydrogen) atoms. The van der Waals surface area contributed by atoms with Gasteiger partial charge in [0.25, 0.3) is 5.91 Å². The van der Waals surface area contributed by atoms with E-state index in [2.05, 4.69) is 20.3 Å². The SMILES string of the molecule is COc1cc(OCC2CC2)cc(C(=O)NCC2CCN(c3ccnc(-c4cccc(-n5cccn5)c4)n3)CC2)c1. The van der Waals surface area contributed by atoms with Crippen LogP contribution in [0, 0.1) is 11.8 Å². The van der Waals surface area contributed by atoms with Gasteiger partial charge in [-0.3, -0.25) is 4.79 Å². The summed E-state index contributed by atoms with van der Waals surface area (Å²) in [5, 5.41) is 7.44. The van der Waals surface area contributed by atoms with E-state index in [1.54, 1.807) is 25.4 Å². The van der Waals surface area contributed by atoms with Gasteiger partial charge in [0.05, 0.1) is 19.4 Å². The Hall–Kier alpha value is -4.40. The van der Waals surface area contributed by atoms with Crippen LogP contribution in [0.2, 0.25) is 0 Å². The lowest BCUT2D eigenvalue weighted by Gasteiger charge is -2.33. The predicted molar refractivity (Wildman–Crippen MR) is 153 cm³/mol. The Balaban J connectivity index is 1.04. The van der Waals surface area contributed by atoms with E-state index in [4.69, 9.17) is 14.5 Å². The first-order valence-corrected chi connectivity index (χ1v) is 13.9.